The van der Waals surface area contributed by atoms with Gasteiger partial charge in [0.25, 0.3) is 5.91 Å². The molecule has 0 saturated carbocycles. The molecule has 1 aliphatic rings. The minimum atomic E-state index is -0.768. The Labute approximate surface area is 179 Å². The minimum absolute atomic E-state index is 0.124. The molecule has 1 saturated heterocycles. The fraction of sp³-hybridized carbons (Fsp3) is 0.727. The Balaban J connectivity index is 2.38. The average molecular weight is 424 g/mol. The Hall–Kier alpha value is -2.22. The maximum atomic E-state index is 12.6. The van der Waals surface area contributed by atoms with Gasteiger partial charge in [0.2, 0.25) is 17.6 Å². The summed E-state index contributed by atoms with van der Waals surface area (Å²) < 4.78 is 5.74. The molecule has 2 unspecified atom stereocenters. The van der Waals surface area contributed by atoms with Crippen LogP contribution in [-0.2, 0) is 23.9 Å². The van der Waals surface area contributed by atoms with Crippen molar-refractivity contribution in [2.24, 2.45) is 0 Å². The molecule has 1 aliphatic heterocycles. The summed E-state index contributed by atoms with van der Waals surface area (Å²) in [4.78, 5) is 49.9. The lowest BCUT2D eigenvalue weighted by Crippen LogP contribution is -2.48. The molecule has 3 amide bonds. The van der Waals surface area contributed by atoms with Gasteiger partial charge in [-0.2, -0.15) is 0 Å². The summed E-state index contributed by atoms with van der Waals surface area (Å²) >= 11 is 0. The van der Waals surface area contributed by atoms with Crippen LogP contribution in [0.1, 0.15) is 65.2 Å². The van der Waals surface area contributed by atoms with Gasteiger partial charge in [-0.05, 0) is 26.2 Å². The maximum absolute atomic E-state index is 12.6. The van der Waals surface area contributed by atoms with E-state index in [1.807, 2.05) is 6.92 Å². The third-order valence-corrected chi connectivity index (χ3v) is 5.07. The molecule has 0 radical (unpaired) electrons. The molecule has 8 heteroatoms. The first-order valence-electron chi connectivity index (χ1n) is 11.0. The lowest BCUT2D eigenvalue weighted by atomic mass is 10.1. The number of Topliss-reactive ketones (excluding diaryl/α,β-unsaturated/α-hetero) is 1. The highest BCUT2D eigenvalue weighted by molar-refractivity contribution is 6.37. The number of carbonyl (C=O) groups is 4. The van der Waals surface area contributed by atoms with Gasteiger partial charge >= 0.3 is 0 Å². The number of unbranched alkanes of at least 4 members (excludes halogenated alkanes) is 4. The first kappa shape index (κ1) is 25.8. The number of ether oxygens (including phenoxy) is 1. The molecule has 0 aromatic carbocycles. The zero-order chi connectivity index (χ0) is 22.4. The van der Waals surface area contributed by atoms with Crippen LogP contribution in [0.2, 0.25) is 0 Å². The molecule has 0 spiro atoms. The molecule has 30 heavy (non-hydrogen) atoms. The number of hydrogen-bond donors (Lipinski definition) is 2. The van der Waals surface area contributed by atoms with Gasteiger partial charge in [-0.1, -0.05) is 38.7 Å². The number of nitrogens with zero attached hydrogens (tertiary/aromatic N) is 1. The highest BCUT2D eigenvalue weighted by atomic mass is 16.5. The Bertz CT molecular complexity index is 593. The Morgan fingerprint density at radius 2 is 1.90 bits per heavy atom. The van der Waals surface area contributed by atoms with Crippen molar-refractivity contribution in [3.05, 3.63) is 12.7 Å². The second-order valence-corrected chi connectivity index (χ2v) is 7.68. The van der Waals surface area contributed by atoms with E-state index in [0.717, 1.165) is 19.3 Å². The van der Waals surface area contributed by atoms with Gasteiger partial charge in [0.05, 0.1) is 19.1 Å². The summed E-state index contributed by atoms with van der Waals surface area (Å²) in [6, 6.07) is -0.609. The fourth-order valence-electron chi connectivity index (χ4n) is 3.38. The molecule has 0 aromatic rings. The van der Waals surface area contributed by atoms with Crippen molar-refractivity contribution >= 4 is 23.5 Å². The van der Waals surface area contributed by atoms with Crippen molar-refractivity contribution in [3.63, 3.8) is 0 Å². The van der Waals surface area contributed by atoms with Crippen molar-refractivity contribution in [2.75, 3.05) is 26.2 Å². The average Bonchev–Trinajstić information content (AvgIpc) is 3.22. The van der Waals surface area contributed by atoms with Gasteiger partial charge < -0.3 is 20.3 Å². The summed E-state index contributed by atoms with van der Waals surface area (Å²) in [6.07, 6.45) is 8.51. The molecule has 8 nitrogen and oxygen atoms in total. The highest BCUT2D eigenvalue weighted by Gasteiger charge is 2.34. The van der Waals surface area contributed by atoms with Crippen molar-refractivity contribution in [2.45, 2.75) is 77.4 Å². The van der Waals surface area contributed by atoms with E-state index < -0.39 is 30.2 Å². The Morgan fingerprint density at radius 1 is 1.17 bits per heavy atom. The molecule has 0 aliphatic carbocycles. The third-order valence-electron chi connectivity index (χ3n) is 5.07. The number of ketones is 1. The lowest BCUT2D eigenvalue weighted by molar-refractivity contribution is -0.141. The van der Waals surface area contributed by atoms with Crippen LogP contribution in [-0.4, -0.2) is 66.8 Å². The summed E-state index contributed by atoms with van der Waals surface area (Å²) in [6.45, 7) is 8.44. The monoisotopic (exact) mass is 423 g/mol. The third kappa shape index (κ3) is 9.52. The molecule has 1 heterocycles. The topological polar surface area (TPSA) is 105 Å². The van der Waals surface area contributed by atoms with E-state index in [2.05, 4.69) is 24.1 Å². The van der Waals surface area contributed by atoms with Gasteiger partial charge in [0.1, 0.15) is 6.04 Å². The highest BCUT2D eigenvalue weighted by Crippen LogP contribution is 2.19. The van der Waals surface area contributed by atoms with Gasteiger partial charge in [-0.15, -0.1) is 6.58 Å². The maximum Gasteiger partial charge on any atom is 0.289 e. The van der Waals surface area contributed by atoms with Gasteiger partial charge in [-0.3, -0.25) is 19.2 Å². The van der Waals surface area contributed by atoms with Crippen molar-refractivity contribution in [1.29, 1.82) is 0 Å². The second-order valence-electron chi connectivity index (χ2n) is 7.68. The van der Waals surface area contributed by atoms with Gasteiger partial charge in [0, 0.05) is 19.7 Å². The van der Waals surface area contributed by atoms with Crippen LogP contribution >= 0.6 is 0 Å². The number of amides is 3. The molecule has 2 N–H and O–H groups in total. The first-order chi connectivity index (χ1) is 14.4. The zero-order valence-corrected chi connectivity index (χ0v) is 18.4. The standard InChI is InChI=1S/C22H37N3O5/c1-4-6-7-8-9-14-30-17(3)15-20(27)25-13-10-11-18(25)21(28)24-16-19(26)22(29)23-12-5-2/h5,17-18H,2,4,6-16H2,1,3H3,(H,23,29)(H,24,28). The van der Waals surface area contributed by atoms with Crippen LogP contribution in [0.15, 0.2) is 12.7 Å². The van der Waals surface area contributed by atoms with Crippen LogP contribution in [0.5, 0.6) is 0 Å². The van der Waals surface area contributed by atoms with E-state index in [1.54, 1.807) is 4.90 Å². The predicted molar refractivity (Wildman–Crippen MR) is 115 cm³/mol. The summed E-state index contributed by atoms with van der Waals surface area (Å²) in [5, 5.41) is 4.85. The number of likely N-dealkylation sites (tertiary alicyclic amines) is 1. The van der Waals surface area contributed by atoms with Crippen LogP contribution in [0.25, 0.3) is 0 Å². The van der Waals surface area contributed by atoms with Crippen LogP contribution < -0.4 is 10.6 Å². The SMILES string of the molecule is C=CCNC(=O)C(=O)CNC(=O)C1CCCN1C(=O)CC(C)OCCCCCCC. The number of rotatable bonds is 15. The van der Waals surface area contributed by atoms with E-state index in [4.69, 9.17) is 4.74 Å². The van der Waals surface area contributed by atoms with Crippen molar-refractivity contribution in [1.82, 2.24) is 15.5 Å². The number of nitrogens with one attached hydrogen (secondary N) is 2. The van der Waals surface area contributed by atoms with Gasteiger partial charge in [0.15, 0.2) is 0 Å². The minimum Gasteiger partial charge on any atom is -0.378 e. The van der Waals surface area contributed by atoms with Crippen molar-refractivity contribution < 1.29 is 23.9 Å². The summed E-state index contributed by atoms with van der Waals surface area (Å²) in [7, 11) is 0. The zero-order valence-electron chi connectivity index (χ0n) is 18.4. The summed E-state index contributed by atoms with van der Waals surface area (Å²) in [5.41, 5.74) is 0. The molecule has 1 fully saturated rings. The number of hydrogen-bond acceptors (Lipinski definition) is 5. The molecule has 2 atom stereocenters. The molecule has 0 aromatic heterocycles. The molecule has 0 bridgehead atoms. The normalized spacial score (nSPS) is 16.7. The van der Waals surface area contributed by atoms with Crippen LogP contribution in [0.3, 0.4) is 0 Å². The largest absolute Gasteiger partial charge is 0.378 e. The number of carbonyl (C=O) groups excluding carboxylic acids is 4. The molecular weight excluding hydrogens is 386 g/mol. The quantitative estimate of drug-likeness (QED) is 0.237. The Morgan fingerprint density at radius 3 is 2.60 bits per heavy atom. The van der Waals surface area contributed by atoms with E-state index in [-0.39, 0.29) is 25.0 Å². The molecular formula is C22H37N3O5. The van der Waals surface area contributed by atoms with E-state index in [0.29, 0.717) is 19.6 Å². The van der Waals surface area contributed by atoms with Crippen LogP contribution in [0.4, 0.5) is 0 Å². The van der Waals surface area contributed by atoms with Gasteiger partial charge in [-0.25, -0.2) is 0 Å². The van der Waals surface area contributed by atoms with E-state index in [9.17, 15) is 19.2 Å². The summed E-state index contributed by atoms with van der Waals surface area (Å²) in [5.74, 6) is -2.03. The van der Waals surface area contributed by atoms with Crippen LogP contribution in [0, 0.1) is 0 Å². The Kier molecular flexibility index (Phi) is 12.7. The lowest BCUT2D eigenvalue weighted by Gasteiger charge is -2.25. The fourth-order valence-corrected chi connectivity index (χ4v) is 3.38. The molecule has 170 valence electrons. The smallest absolute Gasteiger partial charge is 0.289 e. The predicted octanol–water partition coefficient (Wildman–Crippen LogP) is 1.73. The second kappa shape index (κ2) is 14.7. The first-order valence-corrected chi connectivity index (χ1v) is 11.0. The van der Waals surface area contributed by atoms with E-state index >= 15 is 0 Å². The van der Waals surface area contributed by atoms with E-state index in [1.165, 1.54) is 25.3 Å². The molecule has 1 rings (SSSR count). The van der Waals surface area contributed by atoms with Crippen molar-refractivity contribution in [3.8, 4) is 0 Å².